The molecule has 3 aromatic carbocycles. The molecule has 1 aliphatic rings. The highest BCUT2D eigenvalue weighted by molar-refractivity contribution is 9.10. The maximum absolute atomic E-state index is 14.2. The molecule has 7 heteroatoms. The van der Waals surface area contributed by atoms with E-state index in [9.17, 15) is 14.0 Å². The molecule has 4 rings (SSSR count). The monoisotopic (exact) mass is 635 g/mol. The number of hydrogen-bond acceptors (Lipinski definition) is 3. The van der Waals surface area contributed by atoms with Gasteiger partial charge in [-0.25, -0.2) is 4.39 Å². The Hall–Kier alpha value is -3.03. The Morgan fingerprint density at radius 3 is 2.14 bits per heavy atom. The van der Waals surface area contributed by atoms with Crippen molar-refractivity contribution in [1.82, 2.24) is 15.5 Å². The second-order valence-corrected chi connectivity index (χ2v) is 12.7. The van der Waals surface area contributed by atoms with Gasteiger partial charge in [0, 0.05) is 22.4 Å². The molecule has 0 heterocycles. The lowest BCUT2D eigenvalue weighted by Gasteiger charge is -2.45. The molecule has 0 bridgehead atoms. The van der Waals surface area contributed by atoms with Crippen LogP contribution >= 0.6 is 15.9 Å². The Balaban J connectivity index is 1.58. The molecule has 2 amide bonds. The largest absolute Gasteiger partial charge is 0.355 e. The Kier molecular flexibility index (Phi) is 11.0. The van der Waals surface area contributed by atoms with Gasteiger partial charge in [0.1, 0.15) is 5.82 Å². The molecule has 0 aliphatic heterocycles. The number of benzene rings is 3. The average Bonchev–Trinajstić information content (AvgIpc) is 2.99. The summed E-state index contributed by atoms with van der Waals surface area (Å²) < 4.78 is 14.8. The van der Waals surface area contributed by atoms with Crippen LogP contribution in [0.2, 0.25) is 0 Å². The Morgan fingerprint density at radius 2 is 1.55 bits per heavy atom. The van der Waals surface area contributed by atoms with Crippen LogP contribution in [0.5, 0.6) is 0 Å². The van der Waals surface area contributed by atoms with Crippen molar-refractivity contribution in [3.8, 4) is 0 Å². The number of carbonyl (C=O) groups excluding carboxylic acids is 2. The number of hydrogen-bond donors (Lipinski definition) is 2. The third kappa shape index (κ3) is 7.87. The van der Waals surface area contributed by atoms with E-state index >= 15 is 0 Å². The van der Waals surface area contributed by atoms with Gasteiger partial charge in [0.15, 0.2) is 0 Å². The van der Waals surface area contributed by atoms with Gasteiger partial charge in [0.25, 0.3) is 0 Å². The van der Waals surface area contributed by atoms with Crippen LogP contribution in [-0.2, 0) is 15.0 Å². The first-order chi connectivity index (χ1) is 20.1. The molecule has 4 atom stereocenters. The van der Waals surface area contributed by atoms with Crippen LogP contribution in [0.4, 0.5) is 4.39 Å². The van der Waals surface area contributed by atoms with E-state index in [2.05, 4.69) is 64.4 Å². The Morgan fingerprint density at radius 1 is 0.952 bits per heavy atom. The normalized spacial score (nSPS) is 21.1. The highest BCUT2D eigenvalue weighted by Gasteiger charge is 2.45. The number of carbonyl (C=O) groups is 2. The van der Waals surface area contributed by atoms with Gasteiger partial charge in [-0.15, -0.1) is 0 Å². The van der Waals surface area contributed by atoms with E-state index in [0.29, 0.717) is 19.5 Å². The fourth-order valence-electron chi connectivity index (χ4n) is 6.29. The summed E-state index contributed by atoms with van der Waals surface area (Å²) in [6, 6.07) is 22.3. The molecule has 2 unspecified atom stereocenters. The number of aryl methyl sites for hydroxylation is 1. The number of likely N-dealkylation sites (N-methyl/N-ethyl adjacent to an activating group) is 1. The second-order valence-electron chi connectivity index (χ2n) is 11.8. The summed E-state index contributed by atoms with van der Waals surface area (Å²) in [5, 5.41) is 6.51. The molecule has 0 aromatic heterocycles. The first kappa shape index (κ1) is 31.9. The van der Waals surface area contributed by atoms with Crippen molar-refractivity contribution in [3.05, 3.63) is 105 Å². The maximum Gasteiger partial charge on any atom is 0.234 e. The predicted octanol–water partition coefficient (Wildman–Crippen LogP) is 6.93. The Bertz CT molecular complexity index is 1280. The minimum absolute atomic E-state index is 0.0145. The molecule has 5 nitrogen and oxygen atoms in total. The van der Waals surface area contributed by atoms with Gasteiger partial charge in [-0.1, -0.05) is 90.8 Å². The molecule has 42 heavy (non-hydrogen) atoms. The van der Waals surface area contributed by atoms with Gasteiger partial charge >= 0.3 is 0 Å². The minimum atomic E-state index is -0.433. The fourth-order valence-corrected chi connectivity index (χ4v) is 6.55. The van der Waals surface area contributed by atoms with Crippen molar-refractivity contribution in [3.63, 3.8) is 0 Å². The van der Waals surface area contributed by atoms with E-state index in [4.69, 9.17) is 0 Å². The number of rotatable bonds is 11. The summed E-state index contributed by atoms with van der Waals surface area (Å²) in [5.41, 5.74) is 3.60. The van der Waals surface area contributed by atoms with Gasteiger partial charge in [0.2, 0.25) is 11.8 Å². The van der Waals surface area contributed by atoms with Crippen molar-refractivity contribution in [2.45, 2.75) is 58.4 Å². The molecule has 0 saturated heterocycles. The van der Waals surface area contributed by atoms with Gasteiger partial charge in [-0.05, 0) is 86.1 Å². The molecular weight excluding hydrogens is 593 g/mol. The fraction of sp³-hybridized carbons (Fsp3) is 0.429. The standard InChI is InChI=1S/C35H43BrFN3O2/c1-5-40(6-2)23-32(41)38-22-25-9-20-31(35(4,21-25)28-14-16-29(36)17-15-28)34(42)39-33(26-10-7-24(3)8-11-26)27-12-18-30(37)19-13-27/h7-8,10-19,25,31,33H,5-6,9,20-23H2,1-4H3,(H,38,41)(H,39,42)/t25?,31-,33?,35-/m0/s1. The molecule has 0 radical (unpaired) electrons. The SMILES string of the molecule is CCN(CC)CC(=O)NCC1CC[C@@H](C(=O)NC(c2ccc(C)cc2)c2ccc(F)cc2)[C@](C)(c2ccc(Br)cc2)C1. The number of nitrogens with zero attached hydrogens (tertiary/aromatic N) is 1. The summed E-state index contributed by atoms with van der Waals surface area (Å²) in [5.74, 6) is -0.287. The zero-order valence-corrected chi connectivity index (χ0v) is 26.7. The molecular formula is C35H43BrFN3O2. The van der Waals surface area contributed by atoms with Crippen molar-refractivity contribution >= 4 is 27.7 Å². The zero-order valence-electron chi connectivity index (χ0n) is 25.1. The number of halogens is 2. The highest BCUT2D eigenvalue weighted by Crippen LogP contribution is 2.46. The lowest BCUT2D eigenvalue weighted by molar-refractivity contribution is -0.130. The quantitative estimate of drug-likeness (QED) is 0.240. The molecule has 2 N–H and O–H groups in total. The van der Waals surface area contributed by atoms with Crippen LogP contribution in [-0.4, -0.2) is 42.9 Å². The average molecular weight is 637 g/mol. The lowest BCUT2D eigenvalue weighted by Crippen LogP contribution is -2.49. The van der Waals surface area contributed by atoms with E-state index in [1.54, 1.807) is 12.1 Å². The van der Waals surface area contributed by atoms with Gasteiger partial charge in [0.05, 0.1) is 12.6 Å². The first-order valence-electron chi connectivity index (χ1n) is 15.0. The van der Waals surface area contributed by atoms with E-state index < -0.39 is 11.5 Å². The molecule has 1 saturated carbocycles. The zero-order chi connectivity index (χ0) is 30.3. The van der Waals surface area contributed by atoms with E-state index in [1.807, 2.05) is 43.3 Å². The highest BCUT2D eigenvalue weighted by atomic mass is 79.9. The van der Waals surface area contributed by atoms with E-state index in [1.165, 1.54) is 12.1 Å². The van der Waals surface area contributed by atoms with Crippen molar-refractivity contribution in [2.75, 3.05) is 26.2 Å². The minimum Gasteiger partial charge on any atom is -0.355 e. The summed E-state index contributed by atoms with van der Waals surface area (Å²) >= 11 is 3.55. The number of nitrogens with one attached hydrogen (secondary N) is 2. The second kappa shape index (κ2) is 14.4. The van der Waals surface area contributed by atoms with Crippen LogP contribution < -0.4 is 10.6 Å². The summed E-state index contributed by atoms with van der Waals surface area (Å²) in [6.07, 6.45) is 2.34. The third-order valence-corrected chi connectivity index (χ3v) is 9.44. The predicted molar refractivity (Wildman–Crippen MR) is 171 cm³/mol. The van der Waals surface area contributed by atoms with Crippen LogP contribution in [0.25, 0.3) is 0 Å². The summed E-state index contributed by atoms with van der Waals surface area (Å²) in [7, 11) is 0. The summed E-state index contributed by atoms with van der Waals surface area (Å²) in [6.45, 7) is 11.0. The van der Waals surface area contributed by atoms with Crippen molar-refractivity contribution in [1.29, 1.82) is 0 Å². The smallest absolute Gasteiger partial charge is 0.234 e. The van der Waals surface area contributed by atoms with Gasteiger partial charge in [-0.3, -0.25) is 14.5 Å². The van der Waals surface area contributed by atoms with Crippen molar-refractivity contribution < 1.29 is 14.0 Å². The van der Waals surface area contributed by atoms with Crippen LogP contribution in [0.3, 0.4) is 0 Å². The maximum atomic E-state index is 14.2. The van der Waals surface area contributed by atoms with Crippen molar-refractivity contribution in [2.24, 2.45) is 11.8 Å². The molecule has 1 fully saturated rings. The molecule has 1 aliphatic carbocycles. The van der Waals surface area contributed by atoms with Gasteiger partial charge in [-0.2, -0.15) is 0 Å². The van der Waals surface area contributed by atoms with E-state index in [-0.39, 0.29) is 29.5 Å². The van der Waals surface area contributed by atoms with Crippen LogP contribution in [0, 0.1) is 24.6 Å². The molecule has 0 spiro atoms. The number of amides is 2. The molecule has 224 valence electrons. The van der Waals surface area contributed by atoms with Gasteiger partial charge < -0.3 is 10.6 Å². The van der Waals surface area contributed by atoms with Crippen LogP contribution in [0.15, 0.2) is 77.3 Å². The third-order valence-electron chi connectivity index (χ3n) is 8.92. The topological polar surface area (TPSA) is 61.4 Å². The first-order valence-corrected chi connectivity index (χ1v) is 15.8. The van der Waals surface area contributed by atoms with E-state index in [0.717, 1.165) is 52.7 Å². The summed E-state index contributed by atoms with van der Waals surface area (Å²) in [4.78, 5) is 29.0. The molecule has 3 aromatic rings. The Labute approximate surface area is 258 Å². The lowest BCUT2D eigenvalue weighted by atomic mass is 9.60. The van der Waals surface area contributed by atoms with Crippen LogP contribution in [0.1, 0.15) is 68.3 Å².